The van der Waals surface area contributed by atoms with Crippen LogP contribution in [0.15, 0.2) is 24.3 Å². The molecule has 2 aliphatic heterocycles. The number of nitrogens with one attached hydrogen (secondary N) is 1. The van der Waals surface area contributed by atoms with E-state index < -0.39 is 36.6 Å². The number of aliphatic hydroxyl groups is 1. The Balaban J connectivity index is 1.65. The van der Waals surface area contributed by atoms with Crippen LogP contribution in [-0.4, -0.2) is 59.3 Å². The van der Waals surface area contributed by atoms with Gasteiger partial charge in [-0.1, -0.05) is 12.1 Å². The number of hydrogen-bond acceptors (Lipinski definition) is 4. The van der Waals surface area contributed by atoms with Crippen molar-refractivity contribution in [3.63, 3.8) is 0 Å². The van der Waals surface area contributed by atoms with E-state index >= 15 is 0 Å². The molecule has 1 aromatic carbocycles. The number of halogens is 3. The maximum atomic E-state index is 13.8. The number of aliphatic hydroxyl groups excluding tert-OH is 1. The van der Waals surface area contributed by atoms with Gasteiger partial charge in [-0.2, -0.15) is 13.2 Å². The second-order valence-electron chi connectivity index (χ2n) is 7.81. The van der Waals surface area contributed by atoms with E-state index in [0.29, 0.717) is 17.2 Å². The number of hydrogen-bond donors (Lipinski definition) is 2. The molecule has 3 aliphatic rings. The monoisotopic (exact) mass is 397 g/mol. The topological polar surface area (TPSA) is 72.9 Å². The molecule has 1 aromatic rings. The number of benzene rings is 1. The van der Waals surface area contributed by atoms with E-state index in [4.69, 9.17) is 0 Å². The summed E-state index contributed by atoms with van der Waals surface area (Å²) >= 11 is 0. The van der Waals surface area contributed by atoms with Crippen LogP contribution in [0.25, 0.3) is 0 Å². The molecular weight excluding hydrogens is 375 g/mol. The van der Waals surface area contributed by atoms with E-state index in [9.17, 15) is 27.9 Å². The molecule has 0 bridgehead atoms. The van der Waals surface area contributed by atoms with Gasteiger partial charge in [0, 0.05) is 12.6 Å². The predicted octanol–water partition coefficient (Wildman–Crippen LogP) is 2.14. The number of rotatable bonds is 3. The van der Waals surface area contributed by atoms with Crippen LogP contribution in [0.4, 0.5) is 24.5 Å². The molecule has 1 saturated heterocycles. The lowest BCUT2D eigenvalue weighted by Gasteiger charge is -2.34. The number of carbonyl (C=O) groups excluding carboxylic acids is 2. The normalized spacial score (nSPS) is 28.6. The largest absolute Gasteiger partial charge is 0.409 e. The van der Waals surface area contributed by atoms with Crippen molar-refractivity contribution >= 4 is 23.2 Å². The third-order valence-corrected chi connectivity index (χ3v) is 5.71. The zero-order valence-electron chi connectivity index (χ0n) is 15.2. The highest BCUT2D eigenvalue weighted by Crippen LogP contribution is 2.41. The minimum atomic E-state index is -4.75. The summed E-state index contributed by atoms with van der Waals surface area (Å²) in [6.07, 6.45) is -3.60. The second kappa shape index (κ2) is 7.04. The van der Waals surface area contributed by atoms with Gasteiger partial charge in [-0.3, -0.25) is 19.4 Å². The van der Waals surface area contributed by atoms with E-state index in [2.05, 4.69) is 5.32 Å². The summed E-state index contributed by atoms with van der Waals surface area (Å²) in [5, 5.41) is 12.4. The van der Waals surface area contributed by atoms with Gasteiger partial charge in [-0.15, -0.1) is 0 Å². The number of likely N-dealkylation sites (tertiary alicyclic amines) is 1. The van der Waals surface area contributed by atoms with Crippen molar-refractivity contribution in [1.82, 2.24) is 4.90 Å². The maximum absolute atomic E-state index is 13.8. The zero-order valence-corrected chi connectivity index (χ0v) is 15.2. The summed E-state index contributed by atoms with van der Waals surface area (Å²) in [6.45, 7) is 0.0591. The molecule has 3 unspecified atom stereocenters. The number of para-hydroxylation sites is 2. The van der Waals surface area contributed by atoms with Gasteiger partial charge in [0.15, 0.2) is 0 Å². The van der Waals surface area contributed by atoms with Crippen molar-refractivity contribution in [3.05, 3.63) is 24.3 Å². The Labute approximate surface area is 160 Å². The number of β-amino-alcohol motifs (C(OH)–C–C–N with tert-alkyl or cyclic N) is 1. The lowest BCUT2D eigenvalue weighted by Crippen LogP contribution is -2.53. The average Bonchev–Trinajstić information content (AvgIpc) is 3.39. The second-order valence-corrected chi connectivity index (χ2v) is 7.81. The van der Waals surface area contributed by atoms with Crippen molar-refractivity contribution in [3.8, 4) is 0 Å². The third-order valence-electron chi connectivity index (χ3n) is 5.71. The van der Waals surface area contributed by atoms with Gasteiger partial charge in [0.25, 0.3) is 0 Å². The average molecular weight is 397 g/mol. The van der Waals surface area contributed by atoms with Crippen LogP contribution in [0.3, 0.4) is 0 Å². The standard InChI is InChI=1S/C19H22F3N3O3/c20-19(21,22)16-8-17(27)23-13-3-1-2-4-14(13)25(16)18(28)10-24-9-12(26)7-15(24)11-5-6-11/h1-4,11-12,15-16,26H,5-10H2,(H,23,27). The molecule has 1 saturated carbocycles. The van der Waals surface area contributed by atoms with Crippen molar-refractivity contribution in [1.29, 1.82) is 0 Å². The zero-order chi connectivity index (χ0) is 20.1. The molecule has 2 heterocycles. The molecule has 9 heteroatoms. The Hall–Kier alpha value is -2.13. The summed E-state index contributed by atoms with van der Waals surface area (Å²) in [6, 6.07) is 3.82. The quantitative estimate of drug-likeness (QED) is 0.820. The van der Waals surface area contributed by atoms with E-state index in [-0.39, 0.29) is 30.5 Å². The molecule has 3 atom stereocenters. The molecule has 1 aliphatic carbocycles. The fraction of sp³-hybridized carbons (Fsp3) is 0.579. The van der Waals surface area contributed by atoms with E-state index in [1.165, 1.54) is 18.2 Å². The van der Waals surface area contributed by atoms with Crippen molar-refractivity contribution < 1.29 is 27.9 Å². The molecule has 4 rings (SSSR count). The molecule has 2 amide bonds. The Morgan fingerprint density at radius 2 is 1.96 bits per heavy atom. The predicted molar refractivity (Wildman–Crippen MR) is 95.7 cm³/mol. The highest BCUT2D eigenvalue weighted by molar-refractivity contribution is 6.05. The molecule has 2 fully saturated rings. The maximum Gasteiger partial charge on any atom is 0.409 e. The molecule has 2 N–H and O–H groups in total. The van der Waals surface area contributed by atoms with Gasteiger partial charge in [0.2, 0.25) is 11.8 Å². The lowest BCUT2D eigenvalue weighted by molar-refractivity contribution is -0.158. The number of amides is 2. The summed E-state index contributed by atoms with van der Waals surface area (Å²) in [5.41, 5.74) is 0.233. The van der Waals surface area contributed by atoms with Crippen LogP contribution in [0.2, 0.25) is 0 Å². The van der Waals surface area contributed by atoms with Crippen molar-refractivity contribution in [2.24, 2.45) is 5.92 Å². The molecule has 6 nitrogen and oxygen atoms in total. The van der Waals surface area contributed by atoms with Crippen LogP contribution in [-0.2, 0) is 9.59 Å². The molecule has 28 heavy (non-hydrogen) atoms. The number of nitrogens with zero attached hydrogens (tertiary/aromatic N) is 2. The highest BCUT2D eigenvalue weighted by Gasteiger charge is 2.50. The first-order valence-electron chi connectivity index (χ1n) is 9.44. The smallest absolute Gasteiger partial charge is 0.392 e. The highest BCUT2D eigenvalue weighted by atomic mass is 19.4. The number of anilines is 2. The summed E-state index contributed by atoms with van der Waals surface area (Å²) in [5.74, 6) is -1.11. The Kier molecular flexibility index (Phi) is 4.83. The first-order chi connectivity index (χ1) is 13.2. The van der Waals surface area contributed by atoms with Crippen LogP contribution < -0.4 is 10.2 Å². The van der Waals surface area contributed by atoms with Crippen LogP contribution in [0.1, 0.15) is 25.7 Å². The first kappa shape index (κ1) is 19.2. The molecule has 0 spiro atoms. The first-order valence-corrected chi connectivity index (χ1v) is 9.44. The van der Waals surface area contributed by atoms with Crippen LogP contribution in [0.5, 0.6) is 0 Å². The van der Waals surface area contributed by atoms with E-state index in [1.54, 1.807) is 11.0 Å². The van der Waals surface area contributed by atoms with Crippen LogP contribution >= 0.6 is 0 Å². The Morgan fingerprint density at radius 1 is 1.25 bits per heavy atom. The number of alkyl halides is 3. The van der Waals surface area contributed by atoms with E-state index in [0.717, 1.165) is 12.8 Å². The lowest BCUT2D eigenvalue weighted by atomic mass is 10.1. The van der Waals surface area contributed by atoms with Crippen LogP contribution in [0, 0.1) is 5.92 Å². The van der Waals surface area contributed by atoms with Gasteiger partial charge < -0.3 is 10.4 Å². The summed E-state index contributed by atoms with van der Waals surface area (Å²) < 4.78 is 41.3. The molecular formula is C19H22F3N3O3. The number of fused-ring (bicyclic) bond motifs is 1. The summed E-state index contributed by atoms with van der Waals surface area (Å²) in [4.78, 5) is 27.6. The molecule has 152 valence electrons. The fourth-order valence-electron chi connectivity index (χ4n) is 4.31. The summed E-state index contributed by atoms with van der Waals surface area (Å²) in [7, 11) is 0. The fourth-order valence-corrected chi connectivity index (χ4v) is 4.31. The molecule has 0 aromatic heterocycles. The number of carbonyl (C=O) groups is 2. The Bertz CT molecular complexity index is 781. The van der Waals surface area contributed by atoms with Crippen molar-refractivity contribution in [2.75, 3.05) is 23.3 Å². The SMILES string of the molecule is O=C1CC(C(F)(F)F)N(C(=O)CN2CC(O)CC2C2CC2)c2ccccc2N1. The van der Waals surface area contributed by atoms with Gasteiger partial charge in [-0.05, 0) is 37.3 Å². The van der Waals surface area contributed by atoms with Crippen molar-refractivity contribution in [2.45, 2.75) is 50.0 Å². The van der Waals surface area contributed by atoms with Gasteiger partial charge in [0.05, 0.1) is 30.4 Å². The Morgan fingerprint density at radius 3 is 2.64 bits per heavy atom. The van der Waals surface area contributed by atoms with Gasteiger partial charge >= 0.3 is 6.18 Å². The van der Waals surface area contributed by atoms with E-state index in [1.807, 2.05) is 0 Å². The minimum absolute atomic E-state index is 0.0188. The van der Waals surface area contributed by atoms with Gasteiger partial charge in [-0.25, -0.2) is 0 Å². The molecule has 0 radical (unpaired) electrons. The third kappa shape index (κ3) is 3.73. The van der Waals surface area contributed by atoms with Gasteiger partial charge in [0.1, 0.15) is 6.04 Å². The minimum Gasteiger partial charge on any atom is -0.392 e.